The molecule has 0 bridgehead atoms. The van der Waals surface area contributed by atoms with E-state index in [4.69, 9.17) is 9.16 Å². The van der Waals surface area contributed by atoms with Gasteiger partial charge in [-0.2, -0.15) is 0 Å². The lowest BCUT2D eigenvalue weighted by atomic mass is 9.79. The number of benzene rings is 2. The molecule has 0 aromatic heterocycles. The van der Waals surface area contributed by atoms with Crippen molar-refractivity contribution in [1.82, 2.24) is 0 Å². The van der Waals surface area contributed by atoms with Crippen LogP contribution in [0, 0.1) is 0 Å². The smallest absolute Gasteiger partial charge is 0.496 e. The number of aromatic hydroxyl groups is 1. The van der Waals surface area contributed by atoms with Crippen LogP contribution in [0.25, 0.3) is 0 Å². The van der Waals surface area contributed by atoms with Crippen molar-refractivity contribution < 1.29 is 24.3 Å². The number of phenolic OH excluding ortho intramolecular Hbond substituents is 1. The maximum absolute atomic E-state index is 9.82. The normalized spacial score (nSPS) is 12.0. The third kappa shape index (κ3) is 4.56. The first-order chi connectivity index (χ1) is 11.5. The van der Waals surface area contributed by atoms with E-state index in [0.717, 1.165) is 0 Å². The Labute approximate surface area is 150 Å². The predicted molar refractivity (Wildman–Crippen MR) is 102 cm³/mol. The lowest BCUT2D eigenvalue weighted by molar-refractivity contribution is 0.412. The van der Waals surface area contributed by atoms with Crippen molar-refractivity contribution in [2.45, 2.75) is 38.9 Å². The number of hydrogen-bond acceptors (Lipinski definition) is 5. The molecule has 0 aliphatic heterocycles. The summed E-state index contributed by atoms with van der Waals surface area (Å²) in [5, 5.41) is 28.8. The third-order valence-corrected chi connectivity index (χ3v) is 8.87. The van der Waals surface area contributed by atoms with Crippen LogP contribution in [0.3, 0.4) is 0 Å². The Bertz CT molecular complexity index is 740. The summed E-state index contributed by atoms with van der Waals surface area (Å²) in [7, 11) is -3.80. The topological polar surface area (TPSA) is 79.2 Å². The molecule has 0 radical (unpaired) electrons. The molecule has 0 heterocycles. The van der Waals surface area contributed by atoms with Crippen LogP contribution in [0.1, 0.15) is 20.8 Å². The summed E-state index contributed by atoms with van der Waals surface area (Å²) in [4.78, 5) is 0. The molecule has 134 valence electrons. The SMILES string of the molecule is CC(C)(C)[Si](C)(C)Oc1cccc(Oc2cccc(O)c2B(O)O)c1. The molecule has 0 atom stereocenters. The summed E-state index contributed by atoms with van der Waals surface area (Å²) in [5.41, 5.74) is -0.0711. The van der Waals surface area contributed by atoms with E-state index < -0.39 is 15.4 Å². The predicted octanol–water partition coefficient (Wildman–Crippen LogP) is 3.25. The lowest BCUT2D eigenvalue weighted by Crippen LogP contribution is -2.43. The lowest BCUT2D eigenvalue weighted by Gasteiger charge is -2.36. The molecule has 2 aromatic carbocycles. The van der Waals surface area contributed by atoms with Gasteiger partial charge in [0, 0.05) is 6.07 Å². The largest absolute Gasteiger partial charge is 0.543 e. The molecule has 25 heavy (non-hydrogen) atoms. The molecule has 0 saturated carbocycles. The Morgan fingerprint density at radius 3 is 2.16 bits per heavy atom. The molecular weight excluding hydrogens is 335 g/mol. The molecule has 5 nitrogen and oxygen atoms in total. The van der Waals surface area contributed by atoms with Crippen LogP contribution < -0.4 is 14.6 Å². The highest BCUT2D eigenvalue weighted by Gasteiger charge is 2.39. The van der Waals surface area contributed by atoms with Gasteiger partial charge in [0.1, 0.15) is 23.0 Å². The van der Waals surface area contributed by atoms with Gasteiger partial charge in [0.2, 0.25) is 8.32 Å². The standard InChI is InChI=1S/C18H25BO5Si/c1-18(2,3)25(4,5)24-14-9-6-8-13(12-14)23-16-11-7-10-15(20)17(16)19(21)22/h6-12,20-22H,1-5H3. The minimum absolute atomic E-state index is 0.0711. The Morgan fingerprint density at radius 2 is 1.56 bits per heavy atom. The van der Waals surface area contributed by atoms with Gasteiger partial charge in [-0.15, -0.1) is 0 Å². The van der Waals surface area contributed by atoms with Gasteiger partial charge in [0.25, 0.3) is 0 Å². The molecule has 0 saturated heterocycles. The van der Waals surface area contributed by atoms with Crippen molar-refractivity contribution in [2.75, 3.05) is 0 Å². The first-order valence-corrected chi connectivity index (χ1v) is 11.1. The highest BCUT2D eigenvalue weighted by atomic mass is 28.4. The maximum Gasteiger partial charge on any atom is 0.496 e. The second-order valence-corrected chi connectivity index (χ2v) is 12.2. The van der Waals surface area contributed by atoms with Crippen molar-refractivity contribution in [2.24, 2.45) is 0 Å². The first-order valence-electron chi connectivity index (χ1n) is 8.16. The number of ether oxygens (including phenoxy) is 1. The molecule has 0 fully saturated rings. The van der Waals surface area contributed by atoms with Crippen molar-refractivity contribution in [1.29, 1.82) is 0 Å². The zero-order valence-corrected chi connectivity index (χ0v) is 16.3. The van der Waals surface area contributed by atoms with E-state index in [-0.39, 0.29) is 22.0 Å². The molecule has 7 heteroatoms. The van der Waals surface area contributed by atoms with E-state index in [2.05, 4.69) is 33.9 Å². The van der Waals surface area contributed by atoms with Crippen LogP contribution in [0.2, 0.25) is 18.1 Å². The summed E-state index contributed by atoms with van der Waals surface area (Å²) in [5.74, 6) is 1.14. The van der Waals surface area contributed by atoms with Crippen LogP contribution in [0.15, 0.2) is 42.5 Å². The van der Waals surface area contributed by atoms with Crippen LogP contribution >= 0.6 is 0 Å². The summed E-state index contributed by atoms with van der Waals surface area (Å²) < 4.78 is 12.0. The molecule has 0 aliphatic carbocycles. The summed E-state index contributed by atoms with van der Waals surface area (Å²) in [6, 6.07) is 11.7. The Morgan fingerprint density at radius 1 is 0.960 bits per heavy atom. The van der Waals surface area contributed by atoms with Gasteiger partial charge in [0.15, 0.2) is 0 Å². The molecule has 0 amide bonds. The third-order valence-electron chi connectivity index (χ3n) is 4.51. The molecular formula is C18H25BO5Si. The molecule has 2 aromatic rings. The van der Waals surface area contributed by atoms with Crippen LogP contribution in [-0.2, 0) is 0 Å². The average Bonchev–Trinajstić information content (AvgIpc) is 2.45. The quantitative estimate of drug-likeness (QED) is 0.714. The molecule has 3 N–H and O–H groups in total. The highest BCUT2D eigenvalue weighted by molar-refractivity contribution is 6.74. The molecule has 0 spiro atoms. The van der Waals surface area contributed by atoms with E-state index in [9.17, 15) is 15.2 Å². The fraction of sp³-hybridized carbons (Fsp3) is 0.333. The van der Waals surface area contributed by atoms with E-state index in [1.807, 2.05) is 12.1 Å². The minimum Gasteiger partial charge on any atom is -0.543 e. The van der Waals surface area contributed by atoms with Crippen molar-refractivity contribution >= 4 is 20.9 Å². The van der Waals surface area contributed by atoms with Crippen molar-refractivity contribution in [3.8, 4) is 23.0 Å². The number of hydrogen-bond donors (Lipinski definition) is 3. The van der Waals surface area contributed by atoms with Gasteiger partial charge in [-0.1, -0.05) is 32.9 Å². The minimum atomic E-state index is -1.97. The van der Waals surface area contributed by atoms with E-state index >= 15 is 0 Å². The van der Waals surface area contributed by atoms with Gasteiger partial charge >= 0.3 is 7.12 Å². The molecule has 2 rings (SSSR count). The summed E-state index contributed by atoms with van der Waals surface area (Å²) >= 11 is 0. The fourth-order valence-corrected chi connectivity index (χ4v) is 3.08. The second kappa shape index (κ2) is 7.11. The van der Waals surface area contributed by atoms with Crippen LogP contribution in [0.4, 0.5) is 0 Å². The van der Waals surface area contributed by atoms with Gasteiger partial charge in [-0.3, -0.25) is 0 Å². The van der Waals surface area contributed by atoms with Gasteiger partial charge in [0.05, 0.1) is 5.46 Å². The number of phenols is 1. The fourth-order valence-electron chi connectivity index (χ4n) is 2.06. The highest BCUT2D eigenvalue weighted by Crippen LogP contribution is 2.38. The number of rotatable bonds is 5. The van der Waals surface area contributed by atoms with E-state index in [1.165, 1.54) is 6.07 Å². The average molecular weight is 360 g/mol. The summed E-state index contributed by atoms with van der Waals surface area (Å²) in [6.07, 6.45) is 0. The zero-order chi connectivity index (χ0) is 18.8. The Kier molecular flexibility index (Phi) is 5.51. The van der Waals surface area contributed by atoms with Crippen LogP contribution in [-0.4, -0.2) is 30.6 Å². The monoisotopic (exact) mass is 360 g/mol. The Hall–Kier alpha value is -1.96. The van der Waals surface area contributed by atoms with Crippen LogP contribution in [0.5, 0.6) is 23.0 Å². The van der Waals surface area contributed by atoms with Gasteiger partial charge < -0.3 is 24.3 Å². The Balaban J connectivity index is 2.28. The van der Waals surface area contributed by atoms with E-state index in [0.29, 0.717) is 11.5 Å². The first kappa shape index (κ1) is 19.4. The van der Waals surface area contributed by atoms with Crippen molar-refractivity contribution in [3.63, 3.8) is 0 Å². The second-order valence-electron chi connectivity index (χ2n) is 7.50. The maximum atomic E-state index is 9.82. The van der Waals surface area contributed by atoms with Gasteiger partial charge in [-0.25, -0.2) is 0 Å². The van der Waals surface area contributed by atoms with Gasteiger partial charge in [-0.05, 0) is 42.4 Å². The molecule has 0 aliphatic rings. The zero-order valence-electron chi connectivity index (χ0n) is 15.3. The van der Waals surface area contributed by atoms with E-state index in [1.54, 1.807) is 24.3 Å². The van der Waals surface area contributed by atoms with Crippen molar-refractivity contribution in [3.05, 3.63) is 42.5 Å². The molecule has 0 unspecified atom stereocenters. The summed E-state index contributed by atoms with van der Waals surface area (Å²) in [6.45, 7) is 10.8.